The quantitative estimate of drug-likeness (QED) is 0.407. The minimum atomic E-state index is 0.914. The minimum Gasteiger partial charge on any atom is -0.372 e. The summed E-state index contributed by atoms with van der Waals surface area (Å²) >= 11 is 0. The number of rotatable bonds is 7. The normalized spacial score (nSPS) is 11.8. The molecular weight excluding hydrogens is 356 g/mol. The molecule has 0 fully saturated rings. The van der Waals surface area contributed by atoms with Gasteiger partial charge in [-0.1, -0.05) is 36.4 Å². The molecule has 0 amide bonds. The fourth-order valence-electron chi connectivity index (χ4n) is 3.45. The Balaban J connectivity index is 1.42. The van der Waals surface area contributed by atoms with Crippen molar-refractivity contribution >= 4 is 40.9 Å². The van der Waals surface area contributed by atoms with E-state index in [0.717, 1.165) is 35.6 Å². The number of benzene rings is 2. The van der Waals surface area contributed by atoms with Crippen molar-refractivity contribution in [1.29, 1.82) is 0 Å². The monoisotopic (exact) mass is 382 g/mol. The van der Waals surface area contributed by atoms with Crippen LogP contribution < -0.4 is 4.90 Å². The van der Waals surface area contributed by atoms with Crippen LogP contribution in [0.25, 0.3) is 35.2 Å². The predicted octanol–water partition coefficient (Wildman–Crippen LogP) is 6.08. The van der Waals surface area contributed by atoms with E-state index in [1.165, 1.54) is 16.6 Å². The molecule has 2 N–H and O–H groups in total. The van der Waals surface area contributed by atoms with Crippen molar-refractivity contribution in [2.45, 2.75) is 13.8 Å². The molecule has 4 heteroatoms. The standard InChI is InChI=1S/C25H26N4/c1-3-29(4-2)24-13-8-19(9-14-24)6-11-22-18-23(28-27-22)12-7-20-5-10-21-15-16-26-25(21)17-20/h5-18,26H,3-4H2,1-2H3,(H,27,28). The summed E-state index contributed by atoms with van der Waals surface area (Å²) in [6, 6.07) is 19.1. The van der Waals surface area contributed by atoms with Crippen molar-refractivity contribution in [3.8, 4) is 0 Å². The average molecular weight is 383 g/mol. The molecule has 0 saturated carbocycles. The summed E-state index contributed by atoms with van der Waals surface area (Å²) in [5, 5.41) is 8.68. The van der Waals surface area contributed by atoms with Crippen LogP contribution in [-0.2, 0) is 0 Å². The number of aromatic amines is 2. The first-order valence-corrected chi connectivity index (χ1v) is 10.1. The Morgan fingerprint density at radius 1 is 0.828 bits per heavy atom. The molecule has 29 heavy (non-hydrogen) atoms. The summed E-state index contributed by atoms with van der Waals surface area (Å²) in [5.74, 6) is 0. The number of anilines is 1. The highest BCUT2D eigenvalue weighted by molar-refractivity contribution is 5.83. The third kappa shape index (κ3) is 4.49. The van der Waals surface area contributed by atoms with Crippen molar-refractivity contribution in [2.24, 2.45) is 0 Å². The van der Waals surface area contributed by atoms with Crippen LogP contribution in [0.2, 0.25) is 0 Å². The Morgan fingerprint density at radius 2 is 1.59 bits per heavy atom. The maximum Gasteiger partial charge on any atom is 0.0854 e. The molecule has 2 aromatic carbocycles. The molecule has 0 atom stereocenters. The van der Waals surface area contributed by atoms with Gasteiger partial charge in [0.1, 0.15) is 0 Å². The lowest BCUT2D eigenvalue weighted by Crippen LogP contribution is -2.21. The van der Waals surface area contributed by atoms with Crippen LogP contribution in [0.5, 0.6) is 0 Å². The second-order valence-corrected chi connectivity index (χ2v) is 7.00. The second kappa shape index (κ2) is 8.65. The Bertz CT molecular complexity index is 1130. The lowest BCUT2D eigenvalue weighted by molar-refractivity contribution is 0.866. The van der Waals surface area contributed by atoms with Gasteiger partial charge in [0, 0.05) is 30.5 Å². The number of hydrogen-bond donors (Lipinski definition) is 2. The molecule has 146 valence electrons. The van der Waals surface area contributed by atoms with E-state index in [4.69, 9.17) is 0 Å². The maximum atomic E-state index is 4.38. The van der Waals surface area contributed by atoms with E-state index in [-0.39, 0.29) is 0 Å². The highest BCUT2D eigenvalue weighted by Crippen LogP contribution is 2.18. The first-order valence-electron chi connectivity index (χ1n) is 10.1. The average Bonchev–Trinajstić information content (AvgIpc) is 3.41. The molecule has 2 aromatic heterocycles. The number of fused-ring (bicyclic) bond motifs is 1. The Labute approximate surface area is 171 Å². The van der Waals surface area contributed by atoms with Gasteiger partial charge in [0.2, 0.25) is 0 Å². The number of nitrogens with zero attached hydrogens (tertiary/aromatic N) is 2. The van der Waals surface area contributed by atoms with Crippen LogP contribution in [-0.4, -0.2) is 28.3 Å². The van der Waals surface area contributed by atoms with E-state index in [2.05, 4.69) is 94.6 Å². The van der Waals surface area contributed by atoms with E-state index in [9.17, 15) is 0 Å². The van der Waals surface area contributed by atoms with Crippen LogP contribution in [0.1, 0.15) is 36.4 Å². The third-order valence-electron chi connectivity index (χ3n) is 5.12. The lowest BCUT2D eigenvalue weighted by atomic mass is 10.1. The van der Waals surface area contributed by atoms with Crippen molar-refractivity contribution < 1.29 is 0 Å². The molecule has 0 aliphatic rings. The Kier molecular flexibility index (Phi) is 5.61. The van der Waals surface area contributed by atoms with E-state index in [1.807, 2.05) is 24.4 Å². The van der Waals surface area contributed by atoms with Crippen LogP contribution in [0.4, 0.5) is 5.69 Å². The molecule has 2 heterocycles. The highest BCUT2D eigenvalue weighted by atomic mass is 15.1. The summed E-state index contributed by atoms with van der Waals surface area (Å²) in [5.41, 5.74) is 6.62. The zero-order chi connectivity index (χ0) is 20.1. The van der Waals surface area contributed by atoms with Gasteiger partial charge in [0.25, 0.3) is 0 Å². The van der Waals surface area contributed by atoms with Gasteiger partial charge < -0.3 is 9.88 Å². The van der Waals surface area contributed by atoms with Gasteiger partial charge in [-0.2, -0.15) is 5.10 Å². The largest absolute Gasteiger partial charge is 0.372 e. The molecule has 4 aromatic rings. The highest BCUT2D eigenvalue weighted by Gasteiger charge is 2.01. The van der Waals surface area contributed by atoms with Crippen LogP contribution in [0, 0.1) is 0 Å². The molecular formula is C25H26N4. The molecule has 4 rings (SSSR count). The smallest absolute Gasteiger partial charge is 0.0854 e. The van der Waals surface area contributed by atoms with Gasteiger partial charge in [0.15, 0.2) is 0 Å². The van der Waals surface area contributed by atoms with Crippen molar-refractivity contribution in [3.05, 3.63) is 83.3 Å². The first-order chi connectivity index (χ1) is 14.2. The summed E-state index contributed by atoms with van der Waals surface area (Å²) < 4.78 is 0. The number of nitrogens with one attached hydrogen (secondary N) is 2. The molecule has 0 aliphatic heterocycles. The van der Waals surface area contributed by atoms with Gasteiger partial charge in [0.05, 0.1) is 11.4 Å². The lowest BCUT2D eigenvalue weighted by Gasteiger charge is -2.20. The van der Waals surface area contributed by atoms with Crippen molar-refractivity contribution in [3.63, 3.8) is 0 Å². The van der Waals surface area contributed by atoms with Gasteiger partial charge in [-0.25, -0.2) is 0 Å². The third-order valence-corrected chi connectivity index (χ3v) is 5.12. The number of H-pyrrole nitrogens is 2. The van der Waals surface area contributed by atoms with Crippen LogP contribution >= 0.6 is 0 Å². The predicted molar refractivity (Wildman–Crippen MR) is 125 cm³/mol. The summed E-state index contributed by atoms with van der Waals surface area (Å²) in [4.78, 5) is 5.59. The topological polar surface area (TPSA) is 47.7 Å². The van der Waals surface area contributed by atoms with Gasteiger partial charge in [-0.3, -0.25) is 5.10 Å². The first kappa shape index (κ1) is 18.8. The van der Waals surface area contributed by atoms with E-state index < -0.39 is 0 Å². The van der Waals surface area contributed by atoms with Crippen LogP contribution in [0.15, 0.2) is 60.8 Å². The second-order valence-electron chi connectivity index (χ2n) is 7.00. The fourth-order valence-corrected chi connectivity index (χ4v) is 3.45. The molecule has 0 saturated heterocycles. The minimum absolute atomic E-state index is 0.914. The molecule has 0 aliphatic carbocycles. The van der Waals surface area contributed by atoms with Gasteiger partial charge in [-0.05, 0) is 72.8 Å². The molecule has 0 spiro atoms. The number of hydrogen-bond acceptors (Lipinski definition) is 2. The van der Waals surface area contributed by atoms with Crippen molar-refractivity contribution in [2.75, 3.05) is 18.0 Å². The Morgan fingerprint density at radius 3 is 2.38 bits per heavy atom. The zero-order valence-corrected chi connectivity index (χ0v) is 16.9. The number of aromatic nitrogens is 3. The van der Waals surface area contributed by atoms with E-state index in [1.54, 1.807) is 0 Å². The summed E-state index contributed by atoms with van der Waals surface area (Å²) in [7, 11) is 0. The van der Waals surface area contributed by atoms with Gasteiger partial charge in [-0.15, -0.1) is 0 Å². The van der Waals surface area contributed by atoms with E-state index >= 15 is 0 Å². The fraction of sp³-hybridized carbons (Fsp3) is 0.160. The molecule has 0 radical (unpaired) electrons. The molecule has 0 unspecified atom stereocenters. The van der Waals surface area contributed by atoms with Crippen LogP contribution in [0.3, 0.4) is 0 Å². The van der Waals surface area contributed by atoms with Crippen molar-refractivity contribution in [1.82, 2.24) is 15.2 Å². The summed E-state index contributed by atoms with van der Waals surface area (Å²) in [6.45, 7) is 6.40. The SMILES string of the molecule is CCN(CC)c1ccc(C=Cc2cc(C=Cc3ccc4cc[nH]c4c3)[nH]n2)cc1. The summed E-state index contributed by atoms with van der Waals surface area (Å²) in [6.07, 6.45) is 10.2. The molecule has 0 bridgehead atoms. The zero-order valence-electron chi connectivity index (χ0n) is 16.9. The Hall–Kier alpha value is -3.53. The van der Waals surface area contributed by atoms with Gasteiger partial charge >= 0.3 is 0 Å². The maximum absolute atomic E-state index is 4.38. The van der Waals surface area contributed by atoms with E-state index in [0.29, 0.717) is 0 Å². The molecule has 4 nitrogen and oxygen atoms in total.